The molecule has 2 nitrogen and oxygen atoms in total. The second-order valence-corrected chi connectivity index (χ2v) is 4.44. The molecule has 0 aliphatic carbocycles. The standard InChI is InChI=1S/C7H5Br2FN2S/c8-3-1-4(9)6(5(10)2-3)12-7(11)13/h1-2H,(H3,11,12,13). The fraction of sp³-hybridized carbons (Fsp3) is 0. The zero-order valence-corrected chi connectivity index (χ0v) is 10.3. The molecule has 0 heterocycles. The molecule has 0 unspecified atom stereocenters. The maximum atomic E-state index is 13.2. The first-order chi connectivity index (χ1) is 6.00. The molecule has 0 bridgehead atoms. The molecule has 0 radical (unpaired) electrons. The van der Waals surface area contributed by atoms with Gasteiger partial charge in [0.25, 0.3) is 0 Å². The second-order valence-electron chi connectivity index (χ2n) is 2.23. The smallest absolute Gasteiger partial charge is 0.168 e. The Hall–Kier alpha value is -0.200. The zero-order valence-electron chi connectivity index (χ0n) is 6.27. The van der Waals surface area contributed by atoms with Gasteiger partial charge in [0, 0.05) is 8.95 Å². The van der Waals surface area contributed by atoms with Crippen molar-refractivity contribution in [2.75, 3.05) is 5.32 Å². The SMILES string of the molecule is NC(=S)Nc1c(F)cc(Br)cc1Br. The predicted molar refractivity (Wildman–Crippen MR) is 62.2 cm³/mol. The van der Waals surface area contributed by atoms with Gasteiger partial charge in [0.05, 0.1) is 5.69 Å². The molecular weight excluding hydrogens is 323 g/mol. The summed E-state index contributed by atoms with van der Waals surface area (Å²) in [6, 6.07) is 3.02. The van der Waals surface area contributed by atoms with Crippen molar-refractivity contribution in [1.82, 2.24) is 0 Å². The Morgan fingerprint density at radius 3 is 2.54 bits per heavy atom. The molecule has 0 fully saturated rings. The van der Waals surface area contributed by atoms with Crippen molar-refractivity contribution in [2.45, 2.75) is 0 Å². The van der Waals surface area contributed by atoms with E-state index in [4.69, 9.17) is 5.73 Å². The molecule has 13 heavy (non-hydrogen) atoms. The minimum absolute atomic E-state index is 0.0296. The molecule has 0 saturated heterocycles. The van der Waals surface area contributed by atoms with Crippen molar-refractivity contribution in [3.63, 3.8) is 0 Å². The molecule has 0 saturated carbocycles. The summed E-state index contributed by atoms with van der Waals surface area (Å²) in [5, 5.41) is 2.56. The van der Waals surface area contributed by atoms with Crippen molar-refractivity contribution in [3.8, 4) is 0 Å². The molecule has 0 aliphatic heterocycles. The number of anilines is 1. The first-order valence-electron chi connectivity index (χ1n) is 3.21. The van der Waals surface area contributed by atoms with Crippen molar-refractivity contribution < 1.29 is 4.39 Å². The van der Waals surface area contributed by atoms with Crippen LogP contribution in [0.25, 0.3) is 0 Å². The average Bonchev–Trinajstić information content (AvgIpc) is 1.96. The van der Waals surface area contributed by atoms with E-state index in [1.165, 1.54) is 6.07 Å². The molecule has 1 rings (SSSR count). The lowest BCUT2D eigenvalue weighted by Gasteiger charge is -2.07. The molecule has 0 spiro atoms. The van der Waals surface area contributed by atoms with Crippen LogP contribution in [-0.2, 0) is 0 Å². The van der Waals surface area contributed by atoms with E-state index in [1.54, 1.807) is 6.07 Å². The van der Waals surface area contributed by atoms with E-state index in [0.717, 1.165) is 0 Å². The van der Waals surface area contributed by atoms with Gasteiger partial charge in [0.1, 0.15) is 5.82 Å². The molecule has 1 aromatic carbocycles. The van der Waals surface area contributed by atoms with Gasteiger partial charge in [0.15, 0.2) is 5.11 Å². The second kappa shape index (κ2) is 4.34. The van der Waals surface area contributed by atoms with E-state index in [-0.39, 0.29) is 10.8 Å². The molecule has 1 aromatic rings. The fourth-order valence-corrected chi connectivity index (χ4v) is 2.16. The molecular formula is C7H5Br2FN2S. The normalized spacial score (nSPS) is 9.77. The summed E-state index contributed by atoms with van der Waals surface area (Å²) in [7, 11) is 0. The molecule has 6 heteroatoms. The average molecular weight is 328 g/mol. The summed E-state index contributed by atoms with van der Waals surface area (Å²) < 4.78 is 14.4. The largest absolute Gasteiger partial charge is 0.376 e. The van der Waals surface area contributed by atoms with Crippen LogP contribution in [0.3, 0.4) is 0 Å². The first-order valence-corrected chi connectivity index (χ1v) is 5.21. The zero-order chi connectivity index (χ0) is 10.0. The number of hydrogen-bond acceptors (Lipinski definition) is 1. The third kappa shape index (κ3) is 2.89. The number of nitrogens with two attached hydrogens (primary N) is 1. The minimum atomic E-state index is -0.422. The van der Waals surface area contributed by atoms with Crippen LogP contribution in [0.5, 0.6) is 0 Å². The summed E-state index contributed by atoms with van der Waals surface area (Å²) in [6.07, 6.45) is 0. The maximum absolute atomic E-state index is 13.2. The van der Waals surface area contributed by atoms with Gasteiger partial charge in [-0.2, -0.15) is 0 Å². The van der Waals surface area contributed by atoms with Gasteiger partial charge in [-0.15, -0.1) is 0 Å². The third-order valence-electron chi connectivity index (χ3n) is 1.26. The van der Waals surface area contributed by atoms with E-state index < -0.39 is 5.82 Å². The van der Waals surface area contributed by atoms with Crippen LogP contribution in [0.4, 0.5) is 10.1 Å². The highest BCUT2D eigenvalue weighted by Crippen LogP contribution is 2.29. The van der Waals surface area contributed by atoms with Gasteiger partial charge in [-0.1, -0.05) is 15.9 Å². The van der Waals surface area contributed by atoms with Crippen LogP contribution < -0.4 is 11.1 Å². The van der Waals surface area contributed by atoms with Crippen LogP contribution >= 0.6 is 44.1 Å². The molecule has 3 N–H and O–H groups in total. The molecule has 0 amide bonds. The van der Waals surface area contributed by atoms with E-state index in [0.29, 0.717) is 8.95 Å². The van der Waals surface area contributed by atoms with E-state index in [9.17, 15) is 4.39 Å². The number of benzene rings is 1. The number of rotatable bonds is 1. The van der Waals surface area contributed by atoms with Crippen molar-refractivity contribution in [3.05, 3.63) is 26.9 Å². The van der Waals surface area contributed by atoms with Crippen molar-refractivity contribution in [1.29, 1.82) is 0 Å². The molecule has 70 valence electrons. The van der Waals surface area contributed by atoms with Crippen LogP contribution in [0.1, 0.15) is 0 Å². The van der Waals surface area contributed by atoms with Gasteiger partial charge in [-0.25, -0.2) is 4.39 Å². The topological polar surface area (TPSA) is 38.0 Å². The molecule has 0 aromatic heterocycles. The first kappa shape index (κ1) is 10.9. The van der Waals surface area contributed by atoms with Gasteiger partial charge in [0.2, 0.25) is 0 Å². The lowest BCUT2D eigenvalue weighted by Crippen LogP contribution is -2.20. The highest BCUT2D eigenvalue weighted by molar-refractivity contribution is 9.11. The van der Waals surface area contributed by atoms with Gasteiger partial charge < -0.3 is 11.1 Å². The highest BCUT2D eigenvalue weighted by Gasteiger charge is 2.08. The number of hydrogen-bond donors (Lipinski definition) is 2. The predicted octanol–water partition coefficient (Wildman–Crippen LogP) is 3.01. The Balaban J connectivity index is 3.13. The van der Waals surface area contributed by atoms with E-state index in [1.807, 2.05) is 0 Å². The fourth-order valence-electron chi connectivity index (χ4n) is 0.785. The maximum Gasteiger partial charge on any atom is 0.168 e. The van der Waals surface area contributed by atoms with E-state index in [2.05, 4.69) is 49.4 Å². The van der Waals surface area contributed by atoms with Gasteiger partial charge in [-0.05, 0) is 40.3 Å². The van der Waals surface area contributed by atoms with Crippen molar-refractivity contribution in [2.24, 2.45) is 5.73 Å². The lowest BCUT2D eigenvalue weighted by atomic mass is 10.3. The number of thiocarbonyl (C=S) groups is 1. The Kier molecular flexibility index (Phi) is 3.63. The highest BCUT2D eigenvalue weighted by atomic mass is 79.9. The Morgan fingerprint density at radius 2 is 2.08 bits per heavy atom. The Morgan fingerprint density at radius 1 is 1.46 bits per heavy atom. The van der Waals surface area contributed by atoms with Crippen LogP contribution in [0.15, 0.2) is 21.1 Å². The number of halogens is 3. The van der Waals surface area contributed by atoms with Crippen LogP contribution in [0.2, 0.25) is 0 Å². The van der Waals surface area contributed by atoms with Gasteiger partial charge in [-0.3, -0.25) is 0 Å². The molecule has 0 aliphatic rings. The summed E-state index contributed by atoms with van der Waals surface area (Å²) in [4.78, 5) is 0. The summed E-state index contributed by atoms with van der Waals surface area (Å²) in [6.45, 7) is 0. The minimum Gasteiger partial charge on any atom is -0.376 e. The third-order valence-corrected chi connectivity index (χ3v) is 2.44. The van der Waals surface area contributed by atoms with Crippen LogP contribution in [0, 0.1) is 5.82 Å². The number of nitrogens with one attached hydrogen (secondary N) is 1. The quantitative estimate of drug-likeness (QED) is 0.779. The summed E-state index contributed by atoms with van der Waals surface area (Å²) in [5.41, 5.74) is 5.47. The Labute approximate surface area is 96.9 Å². The summed E-state index contributed by atoms with van der Waals surface area (Å²) in [5.74, 6) is -0.422. The monoisotopic (exact) mass is 326 g/mol. The lowest BCUT2D eigenvalue weighted by molar-refractivity contribution is 0.630. The summed E-state index contributed by atoms with van der Waals surface area (Å²) >= 11 is 10.9. The van der Waals surface area contributed by atoms with Crippen LogP contribution in [-0.4, -0.2) is 5.11 Å². The molecule has 0 atom stereocenters. The Bertz CT molecular complexity index is 333. The van der Waals surface area contributed by atoms with Gasteiger partial charge >= 0.3 is 0 Å². The van der Waals surface area contributed by atoms with E-state index >= 15 is 0 Å². The van der Waals surface area contributed by atoms with Crippen molar-refractivity contribution >= 4 is 54.9 Å².